The molecule has 0 saturated heterocycles. The molecule has 0 aliphatic rings. The molecule has 0 bridgehead atoms. The minimum atomic E-state index is 0.559. The summed E-state index contributed by atoms with van der Waals surface area (Å²) in [5, 5.41) is 6.34. The number of nitrogens with one attached hydrogen (secondary N) is 1. The van der Waals surface area contributed by atoms with E-state index in [2.05, 4.69) is 20.2 Å². The Hall–Kier alpha value is -0.490. The molecule has 1 heterocycles. The number of thioether (sulfide) groups is 2. The van der Waals surface area contributed by atoms with Crippen molar-refractivity contribution in [2.24, 2.45) is 4.99 Å². The molecule has 4 nitrogen and oxygen atoms in total. The monoisotopic (exact) mass is 188 g/mol. The van der Waals surface area contributed by atoms with Gasteiger partial charge in [-0.15, -0.1) is 23.5 Å². The summed E-state index contributed by atoms with van der Waals surface area (Å²) in [6.07, 6.45) is 5.40. The number of aliphatic imine (C=N–C) groups is 1. The van der Waals surface area contributed by atoms with Gasteiger partial charge in [0.05, 0.1) is 0 Å². The zero-order valence-electron chi connectivity index (χ0n) is 6.24. The Labute approximate surface area is 73.3 Å². The van der Waals surface area contributed by atoms with Crippen LogP contribution in [0.2, 0.25) is 0 Å². The van der Waals surface area contributed by atoms with Crippen LogP contribution in [0.5, 0.6) is 0 Å². The van der Waals surface area contributed by atoms with Crippen LogP contribution in [0.1, 0.15) is 0 Å². The van der Waals surface area contributed by atoms with Gasteiger partial charge >= 0.3 is 0 Å². The van der Waals surface area contributed by atoms with Gasteiger partial charge in [0, 0.05) is 0 Å². The molecule has 60 valence electrons. The molecule has 1 N–H and O–H groups in total. The van der Waals surface area contributed by atoms with Crippen molar-refractivity contribution in [2.45, 2.75) is 0 Å². The maximum Gasteiger partial charge on any atom is 0.246 e. The quantitative estimate of drug-likeness (QED) is 0.536. The normalized spacial score (nSPS) is 9.64. The van der Waals surface area contributed by atoms with Crippen LogP contribution in [0.3, 0.4) is 0 Å². The van der Waals surface area contributed by atoms with Crippen LogP contribution < -0.4 is 0 Å². The Morgan fingerprint density at radius 2 is 2.27 bits per heavy atom. The van der Waals surface area contributed by atoms with Crippen LogP contribution in [-0.2, 0) is 0 Å². The molecule has 0 aliphatic heterocycles. The summed E-state index contributed by atoms with van der Waals surface area (Å²) in [4.78, 5) is 8.04. The second-order valence-electron chi connectivity index (χ2n) is 1.60. The lowest BCUT2D eigenvalue weighted by Crippen LogP contribution is -1.81. The lowest BCUT2D eigenvalue weighted by Gasteiger charge is -1.93. The second kappa shape index (κ2) is 4.40. The topological polar surface area (TPSA) is 53.9 Å². The van der Waals surface area contributed by atoms with E-state index in [4.69, 9.17) is 0 Å². The van der Waals surface area contributed by atoms with Crippen molar-refractivity contribution in [3.05, 3.63) is 6.33 Å². The van der Waals surface area contributed by atoms with Gasteiger partial charge in [-0.1, -0.05) is 0 Å². The largest absolute Gasteiger partial charge is 0.246 e. The van der Waals surface area contributed by atoms with Gasteiger partial charge in [-0.05, 0) is 12.5 Å². The van der Waals surface area contributed by atoms with E-state index in [1.165, 1.54) is 6.33 Å². The SMILES string of the molecule is CSC(=Nc1ncn[nH]1)SC. The summed E-state index contributed by atoms with van der Waals surface area (Å²) < 4.78 is 0.974. The van der Waals surface area contributed by atoms with Crippen molar-refractivity contribution in [3.8, 4) is 0 Å². The van der Waals surface area contributed by atoms with E-state index in [1.54, 1.807) is 23.5 Å². The highest BCUT2D eigenvalue weighted by molar-refractivity contribution is 8.38. The second-order valence-corrected chi connectivity index (χ2v) is 3.44. The van der Waals surface area contributed by atoms with Gasteiger partial charge in [0.25, 0.3) is 0 Å². The van der Waals surface area contributed by atoms with Crippen molar-refractivity contribution in [3.63, 3.8) is 0 Å². The average Bonchev–Trinajstić information content (AvgIpc) is 2.52. The van der Waals surface area contributed by atoms with Crippen molar-refractivity contribution in [1.82, 2.24) is 15.2 Å². The summed E-state index contributed by atoms with van der Waals surface area (Å²) in [6.45, 7) is 0. The Bertz CT molecular complexity index is 225. The summed E-state index contributed by atoms with van der Waals surface area (Å²) in [6, 6.07) is 0. The zero-order valence-corrected chi connectivity index (χ0v) is 7.87. The van der Waals surface area contributed by atoms with E-state index in [0.29, 0.717) is 5.95 Å². The molecule has 0 spiro atoms. The highest BCUT2D eigenvalue weighted by Crippen LogP contribution is 2.14. The molecule has 0 atom stereocenters. The Morgan fingerprint density at radius 1 is 1.55 bits per heavy atom. The minimum Gasteiger partial charge on any atom is -0.244 e. The number of nitrogens with zero attached hydrogens (tertiary/aromatic N) is 3. The standard InChI is InChI=1S/C5H8N4S2/c1-10-5(11-2)8-4-6-3-7-9-4/h3H,1-2H3,(H,6,7,9). The third-order valence-corrected chi connectivity index (χ3v) is 2.83. The average molecular weight is 188 g/mol. The molecule has 6 heteroatoms. The molecule has 1 aromatic heterocycles. The first-order valence-corrected chi connectivity index (χ1v) is 5.34. The molecule has 0 radical (unpaired) electrons. The molecular weight excluding hydrogens is 180 g/mol. The molecule has 0 aliphatic carbocycles. The van der Waals surface area contributed by atoms with E-state index in [0.717, 1.165) is 4.38 Å². The van der Waals surface area contributed by atoms with Crippen molar-refractivity contribution >= 4 is 33.8 Å². The van der Waals surface area contributed by atoms with Gasteiger partial charge in [-0.3, -0.25) is 0 Å². The molecule has 0 amide bonds. The van der Waals surface area contributed by atoms with Crippen LogP contribution in [0.4, 0.5) is 5.95 Å². The molecule has 1 aromatic rings. The zero-order chi connectivity index (χ0) is 8.10. The van der Waals surface area contributed by atoms with Gasteiger partial charge in [-0.2, -0.15) is 15.1 Å². The predicted molar refractivity (Wildman–Crippen MR) is 50.5 cm³/mol. The first-order chi connectivity index (χ1) is 5.36. The number of rotatable bonds is 1. The van der Waals surface area contributed by atoms with E-state index in [9.17, 15) is 0 Å². The number of hydrogen-bond acceptors (Lipinski definition) is 5. The maximum absolute atomic E-state index is 4.17. The van der Waals surface area contributed by atoms with E-state index >= 15 is 0 Å². The minimum absolute atomic E-state index is 0.559. The van der Waals surface area contributed by atoms with Crippen LogP contribution in [-0.4, -0.2) is 32.1 Å². The first kappa shape index (κ1) is 8.61. The number of H-pyrrole nitrogens is 1. The molecule has 0 fully saturated rings. The highest BCUT2D eigenvalue weighted by atomic mass is 32.2. The van der Waals surface area contributed by atoms with Crippen molar-refractivity contribution in [2.75, 3.05) is 12.5 Å². The molecule has 11 heavy (non-hydrogen) atoms. The van der Waals surface area contributed by atoms with Crippen molar-refractivity contribution in [1.29, 1.82) is 0 Å². The van der Waals surface area contributed by atoms with E-state index < -0.39 is 0 Å². The van der Waals surface area contributed by atoms with Crippen molar-refractivity contribution < 1.29 is 0 Å². The van der Waals surface area contributed by atoms with Gasteiger partial charge in [0.2, 0.25) is 5.95 Å². The lowest BCUT2D eigenvalue weighted by molar-refractivity contribution is 1.08. The molecule has 1 rings (SSSR count). The number of aromatic amines is 1. The lowest BCUT2D eigenvalue weighted by atomic mass is 11.1. The predicted octanol–water partition coefficient (Wildman–Crippen LogP) is 1.52. The number of hydrogen-bond donors (Lipinski definition) is 1. The summed E-state index contributed by atoms with van der Waals surface area (Å²) >= 11 is 3.19. The van der Waals surface area contributed by atoms with Gasteiger partial charge < -0.3 is 0 Å². The maximum atomic E-state index is 4.17. The van der Waals surface area contributed by atoms with E-state index in [1.807, 2.05) is 12.5 Å². The summed E-state index contributed by atoms with van der Waals surface area (Å²) in [7, 11) is 0. The fourth-order valence-corrected chi connectivity index (χ4v) is 1.54. The Morgan fingerprint density at radius 3 is 2.73 bits per heavy atom. The van der Waals surface area contributed by atoms with Crippen LogP contribution >= 0.6 is 23.5 Å². The van der Waals surface area contributed by atoms with E-state index in [-0.39, 0.29) is 0 Å². The van der Waals surface area contributed by atoms with Gasteiger partial charge in [0.1, 0.15) is 10.7 Å². The Kier molecular flexibility index (Phi) is 3.44. The summed E-state index contributed by atoms with van der Waals surface area (Å²) in [5.74, 6) is 0.559. The third-order valence-electron chi connectivity index (χ3n) is 0.949. The molecule has 0 aromatic carbocycles. The van der Waals surface area contributed by atoms with Gasteiger partial charge in [0.15, 0.2) is 0 Å². The molecule has 0 unspecified atom stereocenters. The fraction of sp³-hybridized carbons (Fsp3) is 0.400. The van der Waals surface area contributed by atoms with Crippen LogP contribution in [0, 0.1) is 0 Å². The molecule has 0 saturated carbocycles. The van der Waals surface area contributed by atoms with Crippen LogP contribution in [0.15, 0.2) is 11.3 Å². The highest BCUT2D eigenvalue weighted by Gasteiger charge is 1.95. The Balaban J connectivity index is 2.71. The van der Waals surface area contributed by atoms with Crippen LogP contribution in [0.25, 0.3) is 0 Å². The molecular formula is C5H8N4S2. The smallest absolute Gasteiger partial charge is 0.244 e. The first-order valence-electron chi connectivity index (χ1n) is 2.89. The number of aromatic nitrogens is 3. The third kappa shape index (κ3) is 2.55. The van der Waals surface area contributed by atoms with Gasteiger partial charge in [-0.25, -0.2) is 5.10 Å². The summed E-state index contributed by atoms with van der Waals surface area (Å²) in [5.41, 5.74) is 0. The fourth-order valence-electron chi connectivity index (χ4n) is 0.514.